The predicted octanol–water partition coefficient (Wildman–Crippen LogP) is 1.12. The average molecular weight is 228 g/mol. The minimum atomic E-state index is -4.29. The number of carbonyl (C=O) groups is 1. The van der Waals surface area contributed by atoms with Crippen LogP contribution >= 0.6 is 12.2 Å². The smallest absolute Gasteiger partial charge is 0.389 e. The zero-order chi connectivity index (χ0) is 11.2. The Labute approximate surface area is 84.8 Å². The largest absolute Gasteiger partial charge is 0.393 e. The number of rotatable bonds is 5. The predicted molar refractivity (Wildman–Crippen MR) is 49.7 cm³/mol. The SMILES string of the molecule is NC(=S)CCNC(=O)CCC(F)(F)F. The summed E-state index contributed by atoms with van der Waals surface area (Å²) >= 11 is 4.52. The first-order chi connectivity index (χ1) is 6.31. The first-order valence-electron chi connectivity index (χ1n) is 3.93. The van der Waals surface area contributed by atoms with Crippen molar-refractivity contribution >= 4 is 23.1 Å². The zero-order valence-corrected chi connectivity index (χ0v) is 8.17. The van der Waals surface area contributed by atoms with Crippen molar-refractivity contribution in [1.82, 2.24) is 5.32 Å². The number of carbonyl (C=O) groups excluding carboxylic acids is 1. The topological polar surface area (TPSA) is 55.1 Å². The molecular weight excluding hydrogens is 217 g/mol. The molecule has 82 valence electrons. The molecule has 7 heteroatoms. The van der Waals surface area contributed by atoms with Gasteiger partial charge < -0.3 is 11.1 Å². The highest BCUT2D eigenvalue weighted by Gasteiger charge is 2.27. The van der Waals surface area contributed by atoms with Crippen LogP contribution in [0.3, 0.4) is 0 Å². The van der Waals surface area contributed by atoms with Crippen LogP contribution in [0.4, 0.5) is 13.2 Å². The summed E-state index contributed by atoms with van der Waals surface area (Å²) in [7, 11) is 0. The van der Waals surface area contributed by atoms with Crippen molar-refractivity contribution in [3.63, 3.8) is 0 Å². The van der Waals surface area contributed by atoms with Gasteiger partial charge in [0, 0.05) is 19.4 Å². The Morgan fingerprint density at radius 3 is 2.36 bits per heavy atom. The number of thiocarbonyl (C=S) groups is 1. The standard InChI is InChI=1S/C7H11F3N2OS/c8-7(9,10)3-1-6(13)12-4-2-5(11)14/h1-4H2,(H2,11,14)(H,12,13). The fraction of sp³-hybridized carbons (Fsp3) is 0.714. The summed E-state index contributed by atoms with van der Waals surface area (Å²) in [5, 5.41) is 2.28. The lowest BCUT2D eigenvalue weighted by atomic mass is 10.3. The molecule has 0 aliphatic heterocycles. The van der Waals surface area contributed by atoms with Gasteiger partial charge in [-0.15, -0.1) is 0 Å². The molecule has 3 N–H and O–H groups in total. The van der Waals surface area contributed by atoms with Crippen LogP contribution in [0.25, 0.3) is 0 Å². The Morgan fingerprint density at radius 2 is 1.93 bits per heavy atom. The molecule has 0 heterocycles. The normalized spacial score (nSPS) is 11.1. The second-order valence-electron chi connectivity index (χ2n) is 2.68. The lowest BCUT2D eigenvalue weighted by Crippen LogP contribution is -2.28. The average Bonchev–Trinajstić information content (AvgIpc) is 1.99. The van der Waals surface area contributed by atoms with E-state index in [0.29, 0.717) is 6.42 Å². The quantitative estimate of drug-likeness (QED) is 0.693. The molecule has 0 atom stereocenters. The summed E-state index contributed by atoms with van der Waals surface area (Å²) in [6, 6.07) is 0. The first kappa shape index (κ1) is 13.2. The minimum absolute atomic E-state index is 0.187. The van der Waals surface area contributed by atoms with Crippen molar-refractivity contribution < 1.29 is 18.0 Å². The Morgan fingerprint density at radius 1 is 1.36 bits per heavy atom. The van der Waals surface area contributed by atoms with Crippen LogP contribution in [-0.4, -0.2) is 23.6 Å². The molecule has 0 aliphatic rings. The van der Waals surface area contributed by atoms with Crippen molar-refractivity contribution in [1.29, 1.82) is 0 Å². The minimum Gasteiger partial charge on any atom is -0.393 e. The molecule has 0 rings (SSSR count). The lowest BCUT2D eigenvalue weighted by molar-refractivity contribution is -0.144. The summed E-state index contributed by atoms with van der Waals surface area (Å²) in [6.07, 6.45) is -5.65. The van der Waals surface area contributed by atoms with Crippen LogP contribution in [0.2, 0.25) is 0 Å². The maximum absolute atomic E-state index is 11.6. The van der Waals surface area contributed by atoms with Crippen molar-refractivity contribution in [3.05, 3.63) is 0 Å². The molecule has 1 amide bonds. The number of amides is 1. The number of alkyl halides is 3. The molecule has 14 heavy (non-hydrogen) atoms. The number of hydrogen-bond donors (Lipinski definition) is 2. The third-order valence-corrected chi connectivity index (χ3v) is 1.53. The van der Waals surface area contributed by atoms with Gasteiger partial charge in [-0.2, -0.15) is 13.2 Å². The van der Waals surface area contributed by atoms with Crippen LogP contribution in [-0.2, 0) is 4.79 Å². The van der Waals surface area contributed by atoms with E-state index in [1.54, 1.807) is 0 Å². The van der Waals surface area contributed by atoms with E-state index in [2.05, 4.69) is 17.5 Å². The number of nitrogens with one attached hydrogen (secondary N) is 1. The van der Waals surface area contributed by atoms with Crippen LogP contribution in [0.15, 0.2) is 0 Å². The molecule has 0 aromatic rings. The van der Waals surface area contributed by atoms with Gasteiger partial charge in [0.2, 0.25) is 5.91 Å². The summed E-state index contributed by atoms with van der Waals surface area (Å²) < 4.78 is 34.9. The van der Waals surface area contributed by atoms with E-state index < -0.39 is 24.9 Å². The van der Waals surface area contributed by atoms with Crippen molar-refractivity contribution in [3.8, 4) is 0 Å². The van der Waals surface area contributed by atoms with Gasteiger partial charge in [-0.25, -0.2) is 0 Å². The molecule has 0 fully saturated rings. The van der Waals surface area contributed by atoms with E-state index >= 15 is 0 Å². The summed E-state index contributed by atoms with van der Waals surface area (Å²) in [6.45, 7) is 0.187. The zero-order valence-electron chi connectivity index (χ0n) is 7.36. The van der Waals surface area contributed by atoms with Gasteiger partial charge in [0.25, 0.3) is 0 Å². The van der Waals surface area contributed by atoms with E-state index in [-0.39, 0.29) is 11.5 Å². The first-order valence-corrected chi connectivity index (χ1v) is 4.34. The molecule has 0 aromatic carbocycles. The van der Waals surface area contributed by atoms with Crippen molar-refractivity contribution in [2.45, 2.75) is 25.4 Å². The van der Waals surface area contributed by atoms with E-state index in [1.807, 2.05) is 0 Å². The Balaban J connectivity index is 3.52. The molecule has 0 unspecified atom stereocenters. The number of hydrogen-bond acceptors (Lipinski definition) is 2. The Hall–Kier alpha value is -0.850. The second-order valence-corrected chi connectivity index (χ2v) is 3.21. The highest BCUT2D eigenvalue weighted by Crippen LogP contribution is 2.20. The Kier molecular flexibility index (Phi) is 5.44. The van der Waals surface area contributed by atoms with E-state index in [9.17, 15) is 18.0 Å². The summed E-state index contributed by atoms with van der Waals surface area (Å²) in [5.74, 6) is -0.640. The fourth-order valence-electron chi connectivity index (χ4n) is 0.669. The van der Waals surface area contributed by atoms with Crippen molar-refractivity contribution in [2.75, 3.05) is 6.54 Å². The molecule has 0 aliphatic carbocycles. The molecule has 0 aromatic heterocycles. The lowest BCUT2D eigenvalue weighted by Gasteiger charge is -2.06. The molecule has 0 saturated heterocycles. The van der Waals surface area contributed by atoms with Gasteiger partial charge in [-0.1, -0.05) is 12.2 Å². The highest BCUT2D eigenvalue weighted by atomic mass is 32.1. The summed E-state index contributed by atoms with van der Waals surface area (Å²) in [5.41, 5.74) is 5.12. The van der Waals surface area contributed by atoms with E-state index in [1.165, 1.54) is 0 Å². The maximum atomic E-state index is 11.6. The third-order valence-electron chi connectivity index (χ3n) is 1.33. The molecule has 3 nitrogen and oxygen atoms in total. The van der Waals surface area contributed by atoms with Gasteiger partial charge in [0.15, 0.2) is 0 Å². The van der Waals surface area contributed by atoms with Gasteiger partial charge >= 0.3 is 6.18 Å². The van der Waals surface area contributed by atoms with Crippen LogP contribution < -0.4 is 11.1 Å². The van der Waals surface area contributed by atoms with E-state index in [4.69, 9.17) is 5.73 Å². The number of halogens is 3. The fourth-order valence-corrected chi connectivity index (χ4v) is 0.771. The molecular formula is C7H11F3N2OS. The Bertz CT molecular complexity index is 217. The maximum Gasteiger partial charge on any atom is 0.389 e. The molecule has 0 bridgehead atoms. The van der Waals surface area contributed by atoms with Gasteiger partial charge in [-0.3, -0.25) is 4.79 Å². The van der Waals surface area contributed by atoms with Gasteiger partial charge in [0.1, 0.15) is 0 Å². The second kappa shape index (κ2) is 5.79. The van der Waals surface area contributed by atoms with Crippen LogP contribution in [0, 0.1) is 0 Å². The molecule has 0 saturated carbocycles. The van der Waals surface area contributed by atoms with E-state index in [0.717, 1.165) is 0 Å². The van der Waals surface area contributed by atoms with Gasteiger partial charge in [0.05, 0.1) is 11.4 Å². The van der Waals surface area contributed by atoms with Gasteiger partial charge in [-0.05, 0) is 0 Å². The third kappa shape index (κ3) is 9.24. The van der Waals surface area contributed by atoms with Crippen LogP contribution in [0.1, 0.15) is 19.3 Å². The molecule has 0 radical (unpaired) electrons. The van der Waals surface area contributed by atoms with Crippen LogP contribution in [0.5, 0.6) is 0 Å². The molecule has 0 spiro atoms. The summed E-state index contributed by atoms with van der Waals surface area (Å²) in [4.78, 5) is 11.0. The number of nitrogens with two attached hydrogens (primary N) is 1. The van der Waals surface area contributed by atoms with Crippen molar-refractivity contribution in [2.24, 2.45) is 5.73 Å². The highest BCUT2D eigenvalue weighted by molar-refractivity contribution is 7.80. The monoisotopic (exact) mass is 228 g/mol.